The Morgan fingerprint density at radius 1 is 1.30 bits per heavy atom. The lowest BCUT2D eigenvalue weighted by Crippen LogP contribution is -1.98. The maximum atomic E-state index is 11.4. The van der Waals surface area contributed by atoms with Crippen LogP contribution in [0.15, 0.2) is 16.7 Å². The average Bonchev–Trinajstić information content (AvgIpc) is 2.90. The van der Waals surface area contributed by atoms with Crippen LogP contribution in [0.2, 0.25) is 0 Å². The molecule has 2 aromatic heterocycles. The van der Waals surface area contributed by atoms with E-state index in [9.17, 15) is 9.90 Å². The zero-order chi connectivity index (χ0) is 14.4. The molecule has 0 aliphatic carbocycles. The van der Waals surface area contributed by atoms with Crippen molar-refractivity contribution in [3.05, 3.63) is 35.0 Å². The van der Waals surface area contributed by atoms with E-state index in [2.05, 4.69) is 15.1 Å². The van der Waals surface area contributed by atoms with Crippen molar-refractivity contribution in [2.45, 2.75) is 20.8 Å². The molecule has 0 aliphatic heterocycles. The van der Waals surface area contributed by atoms with Gasteiger partial charge < -0.3 is 14.6 Å². The highest BCUT2D eigenvalue weighted by molar-refractivity contribution is 6.03. The molecule has 2 heterocycles. The summed E-state index contributed by atoms with van der Waals surface area (Å²) >= 11 is 0. The number of H-pyrrole nitrogens is 1. The first kappa shape index (κ1) is 12.4. The second kappa shape index (κ2) is 4.19. The lowest BCUT2D eigenvalue weighted by Gasteiger charge is -2.03. The third kappa shape index (κ3) is 1.77. The van der Waals surface area contributed by atoms with Gasteiger partial charge in [-0.25, -0.2) is 9.78 Å². The summed E-state index contributed by atoms with van der Waals surface area (Å²) in [5, 5.41) is 13.3. The minimum Gasteiger partial charge on any atom is -0.478 e. The molecule has 0 bridgehead atoms. The summed E-state index contributed by atoms with van der Waals surface area (Å²) in [6, 6.07) is 3.48. The number of benzene rings is 1. The smallest absolute Gasteiger partial charge is 0.337 e. The van der Waals surface area contributed by atoms with Gasteiger partial charge in [-0.05, 0) is 38.5 Å². The zero-order valence-corrected chi connectivity index (χ0v) is 11.3. The van der Waals surface area contributed by atoms with Gasteiger partial charge in [0, 0.05) is 5.56 Å². The molecule has 0 saturated carbocycles. The van der Waals surface area contributed by atoms with E-state index in [0.717, 1.165) is 16.8 Å². The minimum absolute atomic E-state index is 0.168. The van der Waals surface area contributed by atoms with Gasteiger partial charge in [-0.15, -0.1) is 0 Å². The first-order chi connectivity index (χ1) is 9.47. The molecule has 0 unspecified atom stereocenters. The van der Waals surface area contributed by atoms with E-state index in [1.807, 2.05) is 13.0 Å². The number of rotatable bonds is 2. The van der Waals surface area contributed by atoms with E-state index in [1.54, 1.807) is 19.9 Å². The van der Waals surface area contributed by atoms with Crippen LogP contribution in [0.25, 0.3) is 22.2 Å². The lowest BCUT2D eigenvalue weighted by atomic mass is 10.0. The van der Waals surface area contributed by atoms with Crippen molar-refractivity contribution in [1.29, 1.82) is 0 Å². The highest BCUT2D eigenvalue weighted by Gasteiger charge is 2.18. The highest BCUT2D eigenvalue weighted by atomic mass is 16.5. The molecule has 0 fully saturated rings. The Morgan fingerprint density at radius 3 is 2.65 bits per heavy atom. The van der Waals surface area contributed by atoms with Crippen LogP contribution in [0.1, 0.15) is 27.6 Å². The summed E-state index contributed by atoms with van der Waals surface area (Å²) in [6.45, 7) is 5.42. The monoisotopic (exact) mass is 271 g/mol. The average molecular weight is 271 g/mol. The SMILES string of the molecule is Cc1nc2c(C(=O)O)cc(-c3c(C)noc3C)cc2[nH]1. The van der Waals surface area contributed by atoms with Gasteiger partial charge in [-0.2, -0.15) is 0 Å². The van der Waals surface area contributed by atoms with Crippen LogP contribution in [0, 0.1) is 20.8 Å². The molecule has 6 heteroatoms. The number of imidazole rings is 1. The van der Waals surface area contributed by atoms with Gasteiger partial charge in [0.2, 0.25) is 0 Å². The van der Waals surface area contributed by atoms with Crippen LogP contribution >= 0.6 is 0 Å². The Hall–Kier alpha value is -2.63. The van der Waals surface area contributed by atoms with Crippen molar-refractivity contribution < 1.29 is 14.4 Å². The number of aryl methyl sites for hydroxylation is 3. The van der Waals surface area contributed by atoms with Gasteiger partial charge in [0.25, 0.3) is 0 Å². The Kier molecular flexibility index (Phi) is 2.60. The molecule has 102 valence electrons. The van der Waals surface area contributed by atoms with Crippen LogP contribution in [-0.2, 0) is 0 Å². The molecule has 0 saturated heterocycles. The van der Waals surface area contributed by atoms with Crippen LogP contribution in [0.5, 0.6) is 0 Å². The predicted octanol–water partition coefficient (Wildman–Crippen LogP) is 2.84. The Bertz CT molecular complexity index is 810. The molecular weight excluding hydrogens is 258 g/mol. The number of aromatic nitrogens is 3. The Balaban J connectivity index is 2.35. The maximum Gasteiger partial charge on any atom is 0.337 e. The molecule has 3 aromatic rings. The van der Waals surface area contributed by atoms with Crippen LogP contribution in [-0.4, -0.2) is 26.2 Å². The number of carbonyl (C=O) groups is 1. The van der Waals surface area contributed by atoms with E-state index >= 15 is 0 Å². The largest absolute Gasteiger partial charge is 0.478 e. The number of aromatic carboxylic acids is 1. The number of nitrogens with zero attached hydrogens (tertiary/aromatic N) is 2. The second-order valence-corrected chi connectivity index (χ2v) is 4.75. The number of carboxylic acid groups (broad SMARTS) is 1. The zero-order valence-electron chi connectivity index (χ0n) is 11.3. The summed E-state index contributed by atoms with van der Waals surface area (Å²) in [5.74, 6) is 0.336. The van der Waals surface area contributed by atoms with Gasteiger partial charge in [0.1, 0.15) is 17.1 Å². The molecular formula is C14H13N3O3. The molecule has 1 aromatic carbocycles. The molecule has 2 N–H and O–H groups in total. The van der Waals surface area contributed by atoms with Gasteiger partial charge >= 0.3 is 5.97 Å². The van der Waals surface area contributed by atoms with E-state index in [-0.39, 0.29) is 5.56 Å². The molecule has 6 nitrogen and oxygen atoms in total. The maximum absolute atomic E-state index is 11.4. The molecule has 3 rings (SSSR count). The van der Waals surface area contributed by atoms with Crippen molar-refractivity contribution in [3.63, 3.8) is 0 Å². The van der Waals surface area contributed by atoms with Crippen LogP contribution in [0.3, 0.4) is 0 Å². The van der Waals surface area contributed by atoms with Crippen LogP contribution < -0.4 is 0 Å². The normalized spacial score (nSPS) is 11.2. The summed E-state index contributed by atoms with van der Waals surface area (Å²) in [6.07, 6.45) is 0. The van der Waals surface area contributed by atoms with Gasteiger partial charge in [-0.1, -0.05) is 5.16 Å². The van der Waals surface area contributed by atoms with Crippen molar-refractivity contribution in [3.8, 4) is 11.1 Å². The fraction of sp³-hybridized carbons (Fsp3) is 0.214. The van der Waals surface area contributed by atoms with Crippen molar-refractivity contribution in [2.75, 3.05) is 0 Å². The predicted molar refractivity (Wildman–Crippen MR) is 72.8 cm³/mol. The number of hydrogen-bond donors (Lipinski definition) is 2. The number of fused-ring (bicyclic) bond motifs is 1. The Labute approximate surface area is 114 Å². The first-order valence-corrected chi connectivity index (χ1v) is 6.14. The molecule has 20 heavy (non-hydrogen) atoms. The third-order valence-electron chi connectivity index (χ3n) is 3.26. The lowest BCUT2D eigenvalue weighted by molar-refractivity contribution is 0.0699. The van der Waals surface area contributed by atoms with Gasteiger partial charge in [0.15, 0.2) is 0 Å². The molecule has 0 atom stereocenters. The van der Waals surface area contributed by atoms with Gasteiger partial charge in [-0.3, -0.25) is 0 Å². The van der Waals surface area contributed by atoms with Gasteiger partial charge in [0.05, 0.1) is 16.8 Å². The molecule has 0 amide bonds. The van der Waals surface area contributed by atoms with E-state index in [4.69, 9.17) is 4.52 Å². The molecule has 0 spiro atoms. The Morgan fingerprint density at radius 2 is 2.05 bits per heavy atom. The highest BCUT2D eigenvalue weighted by Crippen LogP contribution is 2.31. The number of carboxylic acids is 1. The summed E-state index contributed by atoms with van der Waals surface area (Å²) in [5.41, 5.74) is 3.63. The molecule has 0 aliphatic rings. The fourth-order valence-electron chi connectivity index (χ4n) is 2.44. The standard InChI is InChI=1S/C14H13N3O3/c1-6-12(7(2)20-17-6)9-4-10(14(18)19)13-11(5-9)15-8(3)16-13/h4-5H,1-3H3,(H,15,16)(H,18,19). The third-order valence-corrected chi connectivity index (χ3v) is 3.26. The van der Waals surface area contributed by atoms with Crippen molar-refractivity contribution >= 4 is 17.0 Å². The van der Waals surface area contributed by atoms with E-state index in [1.165, 1.54) is 0 Å². The van der Waals surface area contributed by atoms with Crippen LogP contribution in [0.4, 0.5) is 0 Å². The topological polar surface area (TPSA) is 92.0 Å². The van der Waals surface area contributed by atoms with E-state index in [0.29, 0.717) is 22.6 Å². The van der Waals surface area contributed by atoms with Crippen molar-refractivity contribution in [1.82, 2.24) is 15.1 Å². The minimum atomic E-state index is -1.00. The summed E-state index contributed by atoms with van der Waals surface area (Å²) in [4.78, 5) is 18.7. The summed E-state index contributed by atoms with van der Waals surface area (Å²) < 4.78 is 5.14. The number of aromatic amines is 1. The fourth-order valence-corrected chi connectivity index (χ4v) is 2.44. The van der Waals surface area contributed by atoms with E-state index < -0.39 is 5.97 Å². The summed E-state index contributed by atoms with van der Waals surface area (Å²) in [7, 11) is 0. The first-order valence-electron chi connectivity index (χ1n) is 6.14. The number of hydrogen-bond acceptors (Lipinski definition) is 4. The molecule has 0 radical (unpaired) electrons. The quantitative estimate of drug-likeness (QED) is 0.747. The van der Waals surface area contributed by atoms with Crippen molar-refractivity contribution in [2.24, 2.45) is 0 Å². The second-order valence-electron chi connectivity index (χ2n) is 4.75. The number of nitrogens with one attached hydrogen (secondary N) is 1.